The van der Waals surface area contributed by atoms with Gasteiger partial charge in [-0.3, -0.25) is 0 Å². The Morgan fingerprint density at radius 2 is 1.80 bits per heavy atom. The van der Waals surface area contributed by atoms with Crippen molar-refractivity contribution < 1.29 is 4.74 Å². The van der Waals surface area contributed by atoms with Crippen LogP contribution in [0.3, 0.4) is 0 Å². The van der Waals surface area contributed by atoms with Gasteiger partial charge < -0.3 is 10.1 Å². The van der Waals surface area contributed by atoms with Crippen molar-refractivity contribution in [1.82, 2.24) is 5.32 Å². The fourth-order valence-corrected chi connectivity index (χ4v) is 3.32. The smallest absolute Gasteiger partial charge is 0.0468 e. The van der Waals surface area contributed by atoms with Gasteiger partial charge in [0.2, 0.25) is 0 Å². The van der Waals surface area contributed by atoms with Crippen LogP contribution in [0.25, 0.3) is 0 Å². The summed E-state index contributed by atoms with van der Waals surface area (Å²) in [6.07, 6.45) is 6.49. The van der Waals surface area contributed by atoms with Crippen molar-refractivity contribution in [2.45, 2.75) is 44.1 Å². The van der Waals surface area contributed by atoms with Crippen LogP contribution in [0.1, 0.15) is 43.6 Å². The van der Waals surface area contributed by atoms with E-state index < -0.39 is 0 Å². The van der Waals surface area contributed by atoms with E-state index in [1.54, 1.807) is 0 Å². The fourth-order valence-electron chi connectivity index (χ4n) is 3.05. The summed E-state index contributed by atoms with van der Waals surface area (Å²) in [5.74, 6) is 1.48. The van der Waals surface area contributed by atoms with Crippen LogP contribution < -0.4 is 5.32 Å². The number of benzene rings is 1. The summed E-state index contributed by atoms with van der Waals surface area (Å²) in [5.41, 5.74) is 1.48. The fraction of sp³-hybridized carbons (Fsp3) is 0.647. The van der Waals surface area contributed by atoms with Gasteiger partial charge in [0.15, 0.2) is 0 Å². The van der Waals surface area contributed by atoms with Gasteiger partial charge in [0, 0.05) is 30.3 Å². The number of halogens is 1. The molecule has 1 aromatic rings. The molecular weight excluding hydrogens is 314 g/mol. The highest BCUT2D eigenvalue weighted by molar-refractivity contribution is 9.10. The SMILES string of the molecule is Brc1ccc(C(CNC2CC2)CC2CCOCC2)cc1. The molecule has 3 rings (SSSR count). The van der Waals surface area contributed by atoms with Gasteiger partial charge in [-0.05, 0) is 61.6 Å². The molecule has 0 bridgehead atoms. The molecule has 1 saturated carbocycles. The summed E-state index contributed by atoms with van der Waals surface area (Å²) in [6, 6.07) is 9.70. The standard InChI is InChI=1S/C17H24BrNO/c18-16-3-1-14(2-4-16)15(12-19-17-5-6-17)11-13-7-9-20-10-8-13/h1-4,13,15,17,19H,5-12H2. The van der Waals surface area contributed by atoms with Gasteiger partial charge in [-0.2, -0.15) is 0 Å². The Morgan fingerprint density at radius 1 is 1.10 bits per heavy atom. The molecule has 0 amide bonds. The van der Waals surface area contributed by atoms with E-state index in [4.69, 9.17) is 4.74 Å². The van der Waals surface area contributed by atoms with Gasteiger partial charge in [0.05, 0.1) is 0 Å². The minimum absolute atomic E-state index is 0.645. The molecule has 20 heavy (non-hydrogen) atoms. The van der Waals surface area contributed by atoms with E-state index in [0.29, 0.717) is 5.92 Å². The monoisotopic (exact) mass is 337 g/mol. The number of ether oxygens (including phenoxy) is 1. The lowest BCUT2D eigenvalue weighted by Gasteiger charge is -2.27. The van der Waals surface area contributed by atoms with E-state index in [1.807, 2.05) is 0 Å². The second-order valence-corrected chi connectivity index (χ2v) is 7.14. The molecule has 1 unspecified atom stereocenters. The van der Waals surface area contributed by atoms with Crippen LogP contribution in [0.15, 0.2) is 28.7 Å². The van der Waals surface area contributed by atoms with Gasteiger partial charge in [-0.25, -0.2) is 0 Å². The van der Waals surface area contributed by atoms with Crippen LogP contribution in [-0.4, -0.2) is 25.8 Å². The number of hydrogen-bond acceptors (Lipinski definition) is 2. The maximum atomic E-state index is 5.49. The molecule has 1 N–H and O–H groups in total. The molecule has 2 nitrogen and oxygen atoms in total. The van der Waals surface area contributed by atoms with Crippen LogP contribution in [0.4, 0.5) is 0 Å². The zero-order valence-electron chi connectivity index (χ0n) is 12.0. The molecule has 2 aliphatic rings. The summed E-state index contributed by atoms with van der Waals surface area (Å²) in [6.45, 7) is 3.03. The Kier molecular flexibility index (Phi) is 5.14. The van der Waals surface area contributed by atoms with Crippen molar-refractivity contribution in [3.05, 3.63) is 34.3 Å². The van der Waals surface area contributed by atoms with E-state index in [-0.39, 0.29) is 0 Å². The van der Waals surface area contributed by atoms with Crippen LogP contribution in [-0.2, 0) is 4.74 Å². The molecular formula is C17H24BrNO. The van der Waals surface area contributed by atoms with Crippen molar-refractivity contribution >= 4 is 15.9 Å². The lowest BCUT2D eigenvalue weighted by Crippen LogP contribution is -2.26. The van der Waals surface area contributed by atoms with Crippen molar-refractivity contribution in [1.29, 1.82) is 0 Å². The third-order valence-corrected chi connectivity index (χ3v) is 5.06. The highest BCUT2D eigenvalue weighted by atomic mass is 79.9. The Balaban J connectivity index is 1.63. The average molecular weight is 338 g/mol. The van der Waals surface area contributed by atoms with E-state index in [9.17, 15) is 0 Å². The maximum Gasteiger partial charge on any atom is 0.0468 e. The summed E-state index contributed by atoms with van der Waals surface area (Å²) >= 11 is 3.53. The van der Waals surface area contributed by atoms with E-state index in [0.717, 1.165) is 31.7 Å². The summed E-state index contributed by atoms with van der Waals surface area (Å²) in [5, 5.41) is 3.72. The van der Waals surface area contributed by atoms with Gasteiger partial charge in [0.25, 0.3) is 0 Å². The Morgan fingerprint density at radius 3 is 2.45 bits per heavy atom. The second-order valence-electron chi connectivity index (χ2n) is 6.22. The van der Waals surface area contributed by atoms with E-state index in [2.05, 4.69) is 45.5 Å². The van der Waals surface area contributed by atoms with Gasteiger partial charge >= 0.3 is 0 Å². The quantitative estimate of drug-likeness (QED) is 0.843. The van der Waals surface area contributed by atoms with Crippen LogP contribution >= 0.6 is 15.9 Å². The van der Waals surface area contributed by atoms with Crippen molar-refractivity contribution in [3.8, 4) is 0 Å². The molecule has 1 aliphatic carbocycles. The van der Waals surface area contributed by atoms with Gasteiger partial charge in [0.1, 0.15) is 0 Å². The lowest BCUT2D eigenvalue weighted by molar-refractivity contribution is 0.0616. The molecule has 1 aromatic carbocycles. The first-order valence-corrected chi connectivity index (χ1v) is 8.67. The number of rotatable bonds is 6. The molecule has 3 heteroatoms. The van der Waals surface area contributed by atoms with Gasteiger partial charge in [-0.15, -0.1) is 0 Å². The lowest BCUT2D eigenvalue weighted by atomic mass is 9.85. The highest BCUT2D eigenvalue weighted by Crippen LogP contribution is 2.30. The van der Waals surface area contributed by atoms with Crippen molar-refractivity contribution in [2.75, 3.05) is 19.8 Å². The van der Waals surface area contributed by atoms with Crippen molar-refractivity contribution in [3.63, 3.8) is 0 Å². The molecule has 0 radical (unpaired) electrons. The molecule has 110 valence electrons. The summed E-state index contributed by atoms with van der Waals surface area (Å²) < 4.78 is 6.66. The Hall–Kier alpha value is -0.380. The number of nitrogens with one attached hydrogen (secondary N) is 1. The highest BCUT2D eigenvalue weighted by Gasteiger charge is 2.25. The molecule has 0 aromatic heterocycles. The third-order valence-electron chi connectivity index (χ3n) is 4.53. The van der Waals surface area contributed by atoms with E-state index >= 15 is 0 Å². The van der Waals surface area contributed by atoms with Gasteiger partial charge in [-0.1, -0.05) is 28.1 Å². The minimum atomic E-state index is 0.645. The Bertz CT molecular complexity index is 410. The topological polar surface area (TPSA) is 21.3 Å². The first kappa shape index (κ1) is 14.6. The number of hydrogen-bond donors (Lipinski definition) is 1. The molecule has 1 saturated heterocycles. The zero-order chi connectivity index (χ0) is 13.8. The molecule has 1 atom stereocenters. The predicted molar refractivity (Wildman–Crippen MR) is 86.1 cm³/mol. The molecule has 1 aliphatic heterocycles. The first-order chi connectivity index (χ1) is 9.81. The second kappa shape index (κ2) is 7.06. The summed E-state index contributed by atoms with van der Waals surface area (Å²) in [7, 11) is 0. The Labute approximate surface area is 130 Å². The zero-order valence-corrected chi connectivity index (χ0v) is 13.6. The molecule has 1 heterocycles. The molecule has 2 fully saturated rings. The van der Waals surface area contributed by atoms with E-state index in [1.165, 1.54) is 42.1 Å². The molecule has 0 spiro atoms. The normalized spacial score (nSPS) is 21.9. The van der Waals surface area contributed by atoms with Crippen LogP contribution in [0.5, 0.6) is 0 Å². The minimum Gasteiger partial charge on any atom is -0.381 e. The first-order valence-electron chi connectivity index (χ1n) is 7.88. The van der Waals surface area contributed by atoms with Crippen molar-refractivity contribution in [2.24, 2.45) is 5.92 Å². The predicted octanol–water partition coefficient (Wildman–Crippen LogP) is 4.10. The summed E-state index contributed by atoms with van der Waals surface area (Å²) in [4.78, 5) is 0. The van der Waals surface area contributed by atoms with Crippen LogP contribution in [0, 0.1) is 5.92 Å². The van der Waals surface area contributed by atoms with Crippen LogP contribution in [0.2, 0.25) is 0 Å². The third kappa shape index (κ3) is 4.31. The average Bonchev–Trinajstić information content (AvgIpc) is 3.30. The largest absolute Gasteiger partial charge is 0.381 e. The maximum absolute atomic E-state index is 5.49.